The van der Waals surface area contributed by atoms with Crippen molar-refractivity contribution in [2.45, 2.75) is 32.9 Å². The molecule has 0 saturated heterocycles. The Morgan fingerprint density at radius 2 is 1.66 bits per heavy atom. The van der Waals surface area contributed by atoms with Crippen LogP contribution in [0.4, 0.5) is 10.5 Å². The third-order valence-corrected chi connectivity index (χ3v) is 4.15. The molecule has 0 aliphatic rings. The Bertz CT molecular complexity index is 994. The van der Waals surface area contributed by atoms with Crippen molar-refractivity contribution in [3.63, 3.8) is 0 Å². The van der Waals surface area contributed by atoms with Crippen LogP contribution in [0.15, 0.2) is 48.5 Å². The summed E-state index contributed by atoms with van der Waals surface area (Å²) in [7, 11) is 1.25. The molecule has 9 nitrogen and oxygen atoms in total. The second kappa shape index (κ2) is 10.4. The van der Waals surface area contributed by atoms with Crippen molar-refractivity contribution in [2.24, 2.45) is 0 Å². The first-order valence-corrected chi connectivity index (χ1v) is 9.78. The molecule has 9 heteroatoms. The zero-order valence-electron chi connectivity index (χ0n) is 18.4. The van der Waals surface area contributed by atoms with Gasteiger partial charge < -0.3 is 19.9 Å². The van der Waals surface area contributed by atoms with Gasteiger partial charge in [0.05, 0.1) is 12.7 Å². The lowest BCUT2D eigenvalue weighted by Gasteiger charge is -2.22. The number of carbonyl (C=O) groups excluding carboxylic acids is 3. The van der Waals surface area contributed by atoms with Crippen molar-refractivity contribution in [3.8, 4) is 0 Å². The van der Waals surface area contributed by atoms with Crippen molar-refractivity contribution in [1.82, 2.24) is 5.32 Å². The van der Waals surface area contributed by atoms with Crippen LogP contribution in [-0.2, 0) is 20.8 Å². The Morgan fingerprint density at radius 3 is 2.22 bits per heavy atom. The summed E-state index contributed by atoms with van der Waals surface area (Å²) in [4.78, 5) is 49.0. The van der Waals surface area contributed by atoms with Gasteiger partial charge in [0.1, 0.15) is 12.1 Å². The third-order valence-electron chi connectivity index (χ3n) is 4.15. The normalized spacial score (nSPS) is 10.8. The third kappa shape index (κ3) is 7.12. The number of nitrogens with zero attached hydrogens (tertiary/aromatic N) is 1. The number of carboxylic acid groups (broad SMARTS) is 1. The molecule has 0 radical (unpaired) electrons. The second-order valence-electron chi connectivity index (χ2n) is 7.88. The Morgan fingerprint density at radius 1 is 1.00 bits per heavy atom. The van der Waals surface area contributed by atoms with E-state index in [1.807, 2.05) is 0 Å². The number of esters is 1. The van der Waals surface area contributed by atoms with Gasteiger partial charge in [0.15, 0.2) is 0 Å². The summed E-state index contributed by atoms with van der Waals surface area (Å²) in [5, 5.41) is 11.9. The molecule has 0 fully saturated rings. The molecule has 0 unspecified atom stereocenters. The molecule has 2 aromatic carbocycles. The molecule has 2 aromatic rings. The molecule has 2 N–H and O–H groups in total. The van der Waals surface area contributed by atoms with E-state index in [1.165, 1.54) is 31.4 Å². The maximum atomic E-state index is 13.1. The summed E-state index contributed by atoms with van der Waals surface area (Å²) >= 11 is 0. The molecule has 32 heavy (non-hydrogen) atoms. The molecule has 0 aliphatic heterocycles. The van der Waals surface area contributed by atoms with Gasteiger partial charge in [0.25, 0.3) is 5.91 Å². The van der Waals surface area contributed by atoms with Crippen LogP contribution in [0, 0.1) is 0 Å². The standard InChI is InChI=1S/C23H26N2O7/c1-23(2,3)32-22(30)24-13-15-6-5-7-17(12-15)20(28)25(14-19(26)27)18-10-8-16(9-11-18)21(29)31-4/h5-12H,13-14H2,1-4H3,(H,24,30)(H,26,27). The highest BCUT2D eigenvalue weighted by atomic mass is 16.6. The first kappa shape index (κ1) is 24.4. The lowest BCUT2D eigenvalue weighted by molar-refractivity contribution is -0.135. The van der Waals surface area contributed by atoms with Crippen molar-refractivity contribution >= 4 is 29.6 Å². The zero-order valence-corrected chi connectivity index (χ0v) is 18.4. The fraction of sp³-hybridized carbons (Fsp3) is 0.304. The summed E-state index contributed by atoms with van der Waals surface area (Å²) < 4.78 is 9.83. The Hall–Kier alpha value is -3.88. The van der Waals surface area contributed by atoms with Crippen molar-refractivity contribution < 1.29 is 33.8 Å². The summed E-state index contributed by atoms with van der Waals surface area (Å²) in [5.74, 6) is -2.28. The van der Waals surface area contributed by atoms with Gasteiger partial charge in [-0.15, -0.1) is 0 Å². The first-order valence-electron chi connectivity index (χ1n) is 9.78. The topological polar surface area (TPSA) is 122 Å². The highest BCUT2D eigenvalue weighted by Gasteiger charge is 2.22. The summed E-state index contributed by atoms with van der Waals surface area (Å²) in [6.45, 7) is 4.81. The summed E-state index contributed by atoms with van der Waals surface area (Å²) in [6.07, 6.45) is -0.590. The number of hydrogen-bond acceptors (Lipinski definition) is 6. The molecular formula is C23H26N2O7. The molecule has 0 saturated carbocycles. The number of carbonyl (C=O) groups is 4. The molecule has 2 amide bonds. The van der Waals surface area contributed by atoms with Crippen LogP contribution in [0.3, 0.4) is 0 Å². The molecular weight excluding hydrogens is 416 g/mol. The minimum Gasteiger partial charge on any atom is -0.480 e. The van der Waals surface area contributed by atoms with Crippen LogP contribution in [0.25, 0.3) is 0 Å². The fourth-order valence-electron chi connectivity index (χ4n) is 2.77. The second-order valence-corrected chi connectivity index (χ2v) is 7.88. The van der Waals surface area contributed by atoms with Gasteiger partial charge in [0.2, 0.25) is 0 Å². The largest absolute Gasteiger partial charge is 0.480 e. The monoisotopic (exact) mass is 442 g/mol. The van der Waals surface area contributed by atoms with E-state index < -0.39 is 36.1 Å². The Labute approximate surface area is 185 Å². The van der Waals surface area contributed by atoms with Crippen LogP contribution in [-0.4, -0.2) is 48.3 Å². The molecule has 0 spiro atoms. The van der Waals surface area contributed by atoms with E-state index in [0.29, 0.717) is 11.3 Å². The number of carboxylic acids is 1. The van der Waals surface area contributed by atoms with Crippen molar-refractivity contribution in [3.05, 3.63) is 65.2 Å². The molecule has 0 atom stereocenters. The van der Waals surface area contributed by atoms with Gasteiger partial charge in [-0.1, -0.05) is 12.1 Å². The zero-order chi connectivity index (χ0) is 23.9. The minimum absolute atomic E-state index is 0.128. The van der Waals surface area contributed by atoms with E-state index in [0.717, 1.165) is 4.90 Å². The smallest absolute Gasteiger partial charge is 0.407 e. The number of amides is 2. The average Bonchev–Trinajstić information content (AvgIpc) is 2.74. The van der Waals surface area contributed by atoms with Gasteiger partial charge in [-0.05, 0) is 62.7 Å². The highest BCUT2D eigenvalue weighted by molar-refractivity contribution is 6.08. The number of nitrogens with one attached hydrogen (secondary N) is 1. The van der Waals surface area contributed by atoms with Crippen molar-refractivity contribution in [1.29, 1.82) is 0 Å². The maximum absolute atomic E-state index is 13.1. The predicted molar refractivity (Wildman–Crippen MR) is 117 cm³/mol. The van der Waals surface area contributed by atoms with Crippen molar-refractivity contribution in [2.75, 3.05) is 18.6 Å². The fourth-order valence-corrected chi connectivity index (χ4v) is 2.77. The molecule has 0 aliphatic carbocycles. The van der Waals surface area contributed by atoms with E-state index in [2.05, 4.69) is 10.1 Å². The van der Waals surface area contributed by atoms with E-state index in [4.69, 9.17) is 4.74 Å². The molecule has 0 aromatic heterocycles. The number of rotatable bonds is 7. The van der Waals surface area contributed by atoms with Crippen LogP contribution in [0.5, 0.6) is 0 Å². The van der Waals surface area contributed by atoms with Gasteiger partial charge in [0, 0.05) is 17.8 Å². The Kier molecular flexibility index (Phi) is 7.95. The quantitative estimate of drug-likeness (QED) is 0.631. The summed E-state index contributed by atoms with van der Waals surface area (Å²) in [6, 6.07) is 12.3. The van der Waals surface area contributed by atoms with Crippen LogP contribution < -0.4 is 10.2 Å². The number of methoxy groups -OCH3 is 1. The predicted octanol–water partition coefficient (Wildman–Crippen LogP) is 3.23. The molecule has 0 bridgehead atoms. The molecule has 2 rings (SSSR count). The number of anilines is 1. The number of benzene rings is 2. The van der Waals surface area contributed by atoms with E-state index in [-0.39, 0.29) is 17.7 Å². The molecule has 170 valence electrons. The number of hydrogen-bond donors (Lipinski definition) is 2. The lowest BCUT2D eigenvalue weighted by Crippen LogP contribution is -2.36. The van der Waals surface area contributed by atoms with Crippen LogP contribution in [0.2, 0.25) is 0 Å². The van der Waals surface area contributed by atoms with E-state index in [9.17, 15) is 24.3 Å². The summed E-state index contributed by atoms with van der Waals surface area (Å²) in [5.41, 5.74) is 0.823. The number of aliphatic carboxylic acids is 1. The van der Waals surface area contributed by atoms with Gasteiger partial charge in [-0.25, -0.2) is 9.59 Å². The van der Waals surface area contributed by atoms with Crippen LogP contribution in [0.1, 0.15) is 47.1 Å². The SMILES string of the molecule is COC(=O)c1ccc(N(CC(=O)O)C(=O)c2cccc(CNC(=O)OC(C)(C)C)c2)cc1. The van der Waals surface area contributed by atoms with Gasteiger partial charge in [-0.2, -0.15) is 0 Å². The number of alkyl carbamates (subject to hydrolysis) is 1. The van der Waals surface area contributed by atoms with Crippen LogP contribution >= 0.6 is 0 Å². The maximum Gasteiger partial charge on any atom is 0.407 e. The lowest BCUT2D eigenvalue weighted by atomic mass is 10.1. The van der Waals surface area contributed by atoms with E-state index in [1.54, 1.807) is 45.0 Å². The highest BCUT2D eigenvalue weighted by Crippen LogP contribution is 2.19. The van der Waals surface area contributed by atoms with E-state index >= 15 is 0 Å². The Balaban J connectivity index is 2.21. The number of ether oxygens (including phenoxy) is 2. The average molecular weight is 442 g/mol. The molecule has 0 heterocycles. The first-order chi connectivity index (χ1) is 15.0. The minimum atomic E-state index is -1.20. The van der Waals surface area contributed by atoms with Gasteiger partial charge >= 0.3 is 18.0 Å². The van der Waals surface area contributed by atoms with Gasteiger partial charge in [-0.3, -0.25) is 14.5 Å².